The first kappa shape index (κ1) is 22.0. The summed E-state index contributed by atoms with van der Waals surface area (Å²) in [6.07, 6.45) is 2.64. The van der Waals surface area contributed by atoms with Gasteiger partial charge >= 0.3 is 0 Å². The molecule has 32 heavy (non-hydrogen) atoms. The number of carbonyl (C=O) groups excluding carboxylic acids is 2. The molecule has 1 aliphatic rings. The molecule has 4 nitrogen and oxygen atoms in total. The van der Waals surface area contributed by atoms with Crippen LogP contribution in [0.1, 0.15) is 20.7 Å². The highest BCUT2D eigenvalue weighted by atomic mass is 28.4. The molecule has 0 radical (unpaired) electrons. The van der Waals surface area contributed by atoms with Gasteiger partial charge in [0.05, 0.1) is 11.1 Å². The molecule has 162 valence electrons. The monoisotopic (exact) mass is 458 g/mol. The van der Waals surface area contributed by atoms with Crippen molar-refractivity contribution in [3.05, 3.63) is 96.1 Å². The maximum atomic E-state index is 12.9. The van der Waals surface area contributed by atoms with E-state index in [2.05, 4.69) is 26.2 Å². The summed E-state index contributed by atoms with van der Waals surface area (Å²) in [4.78, 5) is 25.8. The minimum absolute atomic E-state index is 0.239. The highest BCUT2D eigenvalue weighted by Crippen LogP contribution is 2.36. The highest BCUT2D eigenvalue weighted by molar-refractivity contribution is 6.85. The third-order valence-corrected chi connectivity index (χ3v) is 10.6. The van der Waals surface area contributed by atoms with Crippen molar-refractivity contribution < 1.29 is 18.4 Å². The Morgan fingerprint density at radius 1 is 0.531 bits per heavy atom. The summed E-state index contributed by atoms with van der Waals surface area (Å²) < 4.78 is 12.9. The van der Waals surface area contributed by atoms with Crippen LogP contribution in [0.25, 0.3) is 0 Å². The quantitative estimate of drug-likeness (QED) is 0.507. The van der Waals surface area contributed by atoms with E-state index in [-0.39, 0.29) is 11.6 Å². The molecule has 0 heterocycles. The van der Waals surface area contributed by atoms with E-state index in [0.29, 0.717) is 22.6 Å². The van der Waals surface area contributed by atoms with E-state index in [9.17, 15) is 9.59 Å². The van der Waals surface area contributed by atoms with Crippen LogP contribution in [-0.4, -0.2) is 28.2 Å². The predicted molar refractivity (Wildman–Crippen MR) is 133 cm³/mol. The van der Waals surface area contributed by atoms with Gasteiger partial charge in [0.25, 0.3) is 16.6 Å². The van der Waals surface area contributed by atoms with E-state index in [1.165, 1.54) is 12.2 Å². The molecular formula is C26H26O4Si2. The number of allylic oxidation sites excluding steroid dienone is 2. The lowest BCUT2D eigenvalue weighted by Gasteiger charge is -2.30. The molecule has 6 heteroatoms. The Kier molecular flexibility index (Phi) is 5.75. The second-order valence-corrected chi connectivity index (χ2v) is 16.4. The third kappa shape index (κ3) is 4.24. The lowest BCUT2D eigenvalue weighted by Crippen LogP contribution is -2.48. The fraction of sp³-hybridized carbons (Fsp3) is 0.154. The van der Waals surface area contributed by atoms with Crippen molar-refractivity contribution >= 4 is 38.6 Å². The maximum Gasteiger partial charge on any atom is 0.276 e. The molecule has 3 aromatic rings. The van der Waals surface area contributed by atoms with Gasteiger partial charge in [-0.3, -0.25) is 9.59 Å². The first-order valence-corrected chi connectivity index (χ1v) is 16.4. The molecule has 0 saturated carbocycles. The van der Waals surface area contributed by atoms with E-state index < -0.39 is 16.6 Å². The molecule has 0 bridgehead atoms. The fourth-order valence-corrected chi connectivity index (χ4v) is 7.55. The van der Waals surface area contributed by atoms with Crippen molar-refractivity contribution in [1.29, 1.82) is 0 Å². The standard InChI is InChI=1S/C26H26O4Si2/c1-31(2,19-11-7-5-8-12-19)29-23-17-18-24(26-22(28)16-15-21(27)25(23)26)30-32(3,4)20-13-9-6-10-14-20/h5-18H,1-4H3. The van der Waals surface area contributed by atoms with Crippen molar-refractivity contribution in [3.8, 4) is 11.5 Å². The zero-order valence-electron chi connectivity index (χ0n) is 18.7. The minimum Gasteiger partial charge on any atom is -0.539 e. The number of hydrogen-bond donors (Lipinski definition) is 0. The summed E-state index contributed by atoms with van der Waals surface area (Å²) >= 11 is 0. The smallest absolute Gasteiger partial charge is 0.276 e. The van der Waals surface area contributed by atoms with Crippen molar-refractivity contribution in [2.75, 3.05) is 0 Å². The lowest BCUT2D eigenvalue weighted by molar-refractivity contribution is 0.0991. The van der Waals surface area contributed by atoms with Crippen molar-refractivity contribution in [3.63, 3.8) is 0 Å². The number of rotatable bonds is 6. The van der Waals surface area contributed by atoms with Crippen LogP contribution in [0.4, 0.5) is 0 Å². The van der Waals surface area contributed by atoms with Gasteiger partial charge in [-0.25, -0.2) is 0 Å². The number of hydrogen-bond acceptors (Lipinski definition) is 4. The molecule has 0 fully saturated rings. The van der Waals surface area contributed by atoms with Crippen LogP contribution in [0.15, 0.2) is 84.9 Å². The lowest BCUT2D eigenvalue weighted by atomic mass is 9.93. The second-order valence-electron chi connectivity index (χ2n) is 8.83. The zero-order valence-corrected chi connectivity index (χ0v) is 20.7. The van der Waals surface area contributed by atoms with Gasteiger partial charge in [-0.2, -0.15) is 0 Å². The van der Waals surface area contributed by atoms with E-state index in [1.54, 1.807) is 12.1 Å². The molecule has 4 rings (SSSR count). The molecule has 0 unspecified atom stereocenters. The van der Waals surface area contributed by atoms with Crippen LogP contribution in [0.2, 0.25) is 26.2 Å². The summed E-state index contributed by atoms with van der Waals surface area (Å²) in [5.74, 6) is 0.402. The Bertz CT molecular complexity index is 1100. The minimum atomic E-state index is -2.37. The van der Waals surface area contributed by atoms with Gasteiger partial charge in [-0.15, -0.1) is 0 Å². The maximum absolute atomic E-state index is 12.9. The van der Waals surface area contributed by atoms with Gasteiger partial charge in [0.1, 0.15) is 11.5 Å². The van der Waals surface area contributed by atoms with Crippen LogP contribution in [0.5, 0.6) is 11.5 Å². The van der Waals surface area contributed by atoms with Gasteiger partial charge in [-0.05, 0) is 60.8 Å². The van der Waals surface area contributed by atoms with Crippen LogP contribution in [0, 0.1) is 0 Å². The number of fused-ring (bicyclic) bond motifs is 1. The normalized spacial score (nSPS) is 13.6. The Labute approximate surface area is 190 Å². The summed E-state index contributed by atoms with van der Waals surface area (Å²) in [5.41, 5.74) is 0.591. The Hall–Kier alpha value is -3.23. The Balaban J connectivity index is 1.77. The highest BCUT2D eigenvalue weighted by Gasteiger charge is 2.35. The van der Waals surface area contributed by atoms with Gasteiger partial charge in [0.15, 0.2) is 11.6 Å². The summed E-state index contributed by atoms with van der Waals surface area (Å²) in [5, 5.41) is 2.22. The van der Waals surface area contributed by atoms with E-state index in [0.717, 1.165) is 10.4 Å². The van der Waals surface area contributed by atoms with Crippen LogP contribution >= 0.6 is 0 Å². The molecule has 3 aromatic carbocycles. The van der Waals surface area contributed by atoms with Gasteiger partial charge in [0, 0.05) is 0 Å². The van der Waals surface area contributed by atoms with Crippen molar-refractivity contribution in [2.45, 2.75) is 26.2 Å². The number of carbonyl (C=O) groups is 2. The van der Waals surface area contributed by atoms with Gasteiger partial charge in [-0.1, -0.05) is 60.7 Å². The average Bonchev–Trinajstić information content (AvgIpc) is 2.78. The second kappa shape index (κ2) is 8.37. The van der Waals surface area contributed by atoms with Crippen LogP contribution in [-0.2, 0) is 0 Å². The molecule has 0 N–H and O–H groups in total. The first-order chi connectivity index (χ1) is 15.2. The SMILES string of the molecule is C[Si](C)(Oc1ccc(O[Si](C)(C)c2ccccc2)c2c1C(=O)C=CC2=O)c1ccccc1. The molecule has 0 aliphatic heterocycles. The van der Waals surface area contributed by atoms with Gasteiger partial charge in [0.2, 0.25) is 0 Å². The molecule has 0 spiro atoms. The third-order valence-electron chi connectivity index (χ3n) is 5.68. The number of benzene rings is 3. The predicted octanol–water partition coefficient (Wildman–Crippen LogP) is 4.60. The first-order valence-electron chi connectivity index (χ1n) is 10.6. The summed E-state index contributed by atoms with van der Waals surface area (Å²) in [6, 6.07) is 23.5. The number of ketones is 2. The summed E-state index contributed by atoms with van der Waals surface area (Å²) in [6.45, 7) is 8.32. The Morgan fingerprint density at radius 2 is 0.875 bits per heavy atom. The Morgan fingerprint density at radius 3 is 1.22 bits per heavy atom. The molecule has 0 atom stereocenters. The molecule has 0 amide bonds. The zero-order chi connectivity index (χ0) is 22.9. The summed E-state index contributed by atoms with van der Waals surface area (Å²) in [7, 11) is -4.74. The molecular weight excluding hydrogens is 432 g/mol. The van der Waals surface area contributed by atoms with E-state index in [4.69, 9.17) is 8.85 Å². The average molecular weight is 459 g/mol. The van der Waals surface area contributed by atoms with E-state index >= 15 is 0 Å². The molecule has 0 aromatic heterocycles. The van der Waals surface area contributed by atoms with Crippen LogP contribution < -0.4 is 19.2 Å². The fourth-order valence-electron chi connectivity index (χ4n) is 3.89. The molecule has 1 aliphatic carbocycles. The van der Waals surface area contributed by atoms with Crippen molar-refractivity contribution in [1.82, 2.24) is 0 Å². The van der Waals surface area contributed by atoms with Gasteiger partial charge < -0.3 is 8.85 Å². The largest absolute Gasteiger partial charge is 0.539 e. The topological polar surface area (TPSA) is 52.6 Å². The van der Waals surface area contributed by atoms with Crippen LogP contribution in [0.3, 0.4) is 0 Å². The van der Waals surface area contributed by atoms with Crippen molar-refractivity contribution in [2.24, 2.45) is 0 Å². The molecule has 0 saturated heterocycles. The van der Waals surface area contributed by atoms with E-state index in [1.807, 2.05) is 60.7 Å².